The molecule has 0 bridgehead atoms. The lowest BCUT2D eigenvalue weighted by atomic mass is 9.98. The zero-order valence-electron chi connectivity index (χ0n) is 23.1. The van der Waals surface area contributed by atoms with Gasteiger partial charge in [-0.2, -0.15) is 0 Å². The lowest BCUT2D eigenvalue weighted by Crippen LogP contribution is -2.49. The summed E-state index contributed by atoms with van der Waals surface area (Å²) in [5.41, 5.74) is 3.81. The number of sulfonamides is 1. The first-order chi connectivity index (χ1) is 19.1. The summed E-state index contributed by atoms with van der Waals surface area (Å²) < 4.78 is 29.1. The fourth-order valence-electron chi connectivity index (χ4n) is 5.07. The Morgan fingerprint density at radius 1 is 1.18 bits per heavy atom. The molecule has 0 saturated heterocycles. The third kappa shape index (κ3) is 6.65. The van der Waals surface area contributed by atoms with E-state index in [-0.39, 0.29) is 24.1 Å². The number of aryl methyl sites for hydroxylation is 1. The van der Waals surface area contributed by atoms with Crippen LogP contribution in [0.25, 0.3) is 10.9 Å². The zero-order valence-corrected chi connectivity index (χ0v) is 23.9. The zero-order chi connectivity index (χ0) is 29.0. The van der Waals surface area contributed by atoms with Crippen LogP contribution in [0.15, 0.2) is 48.7 Å². The van der Waals surface area contributed by atoms with Gasteiger partial charge in [0, 0.05) is 43.3 Å². The van der Waals surface area contributed by atoms with Gasteiger partial charge in [-0.3, -0.25) is 13.9 Å². The number of amides is 1. The number of anilines is 1. The number of carbonyl (C=O) groups is 2. The molecule has 40 heavy (non-hydrogen) atoms. The molecule has 5 rings (SSSR count). The van der Waals surface area contributed by atoms with Crippen molar-refractivity contribution in [3.8, 4) is 0 Å². The Kier molecular flexibility index (Phi) is 9.17. The smallest absolute Gasteiger partial charge is 0.290 e. The van der Waals surface area contributed by atoms with Gasteiger partial charge >= 0.3 is 0 Å². The largest absolute Gasteiger partial charge is 0.483 e. The lowest BCUT2D eigenvalue weighted by Gasteiger charge is -2.25. The van der Waals surface area contributed by atoms with Crippen molar-refractivity contribution in [3.63, 3.8) is 0 Å². The maximum absolute atomic E-state index is 13.7. The van der Waals surface area contributed by atoms with Gasteiger partial charge in [-0.15, -0.1) is 0 Å². The van der Waals surface area contributed by atoms with Crippen molar-refractivity contribution in [2.24, 2.45) is 0 Å². The minimum absolute atomic E-state index is 0.000358. The van der Waals surface area contributed by atoms with Gasteiger partial charge in [0.05, 0.1) is 29.1 Å². The second-order valence-electron chi connectivity index (χ2n) is 10.7. The van der Waals surface area contributed by atoms with E-state index in [4.69, 9.17) is 9.90 Å². The summed E-state index contributed by atoms with van der Waals surface area (Å²) in [4.78, 5) is 22.0. The Hall–Kier alpha value is -3.41. The Morgan fingerprint density at radius 3 is 2.48 bits per heavy atom. The number of nitrogens with one attached hydrogen (secondary N) is 2. The van der Waals surface area contributed by atoms with Crippen LogP contribution in [-0.4, -0.2) is 73.1 Å². The molecule has 0 radical (unpaired) electrons. The molecule has 1 aromatic heterocycles. The van der Waals surface area contributed by atoms with Gasteiger partial charge in [-0.05, 0) is 48.4 Å². The fourth-order valence-corrected chi connectivity index (χ4v) is 6.21. The van der Waals surface area contributed by atoms with E-state index in [1.807, 2.05) is 47.2 Å². The predicted octanol–water partition coefficient (Wildman–Crippen LogP) is 2.70. The molecule has 4 N–H and O–H groups in total. The van der Waals surface area contributed by atoms with Crippen molar-refractivity contribution >= 4 is 39.0 Å². The predicted molar refractivity (Wildman–Crippen MR) is 155 cm³/mol. The molecule has 3 aromatic rings. The van der Waals surface area contributed by atoms with Crippen molar-refractivity contribution in [1.82, 2.24) is 15.2 Å². The summed E-state index contributed by atoms with van der Waals surface area (Å²) in [6.07, 6.45) is 3.95. The highest BCUT2D eigenvalue weighted by atomic mass is 32.2. The van der Waals surface area contributed by atoms with Crippen molar-refractivity contribution in [3.05, 3.63) is 65.4 Å². The molecule has 11 heteroatoms. The van der Waals surface area contributed by atoms with E-state index in [1.165, 1.54) is 4.31 Å². The standard InChI is InChI=1S/C28H36N4O4S.CH2O2/c1-18(2)23-17-32-11-12-37(35,36)31(3)25-15-20(14-22(23)27(25)32)28(34)30-24(13-19-7-5-4-6-8-19)26(33)16-29-21-9-10-21;2-1-3/h4-8,14-15,17-18,21,24,26,29,33H,9-13,16H2,1-3H3,(H,30,34);1H,(H,2,3)/t24-,26+;/m0./s1. The molecule has 2 aliphatic rings. The van der Waals surface area contributed by atoms with Crippen LogP contribution in [0.2, 0.25) is 0 Å². The fraction of sp³-hybridized carbons (Fsp3) is 0.448. The Balaban J connectivity index is 0.00000118. The molecule has 216 valence electrons. The monoisotopic (exact) mass is 570 g/mol. The molecule has 10 nitrogen and oxygen atoms in total. The molecule has 2 heterocycles. The number of aromatic nitrogens is 1. The van der Waals surface area contributed by atoms with E-state index in [0.717, 1.165) is 34.9 Å². The van der Waals surface area contributed by atoms with Gasteiger partial charge < -0.3 is 25.4 Å². The van der Waals surface area contributed by atoms with Crippen molar-refractivity contribution in [2.75, 3.05) is 23.7 Å². The van der Waals surface area contributed by atoms with Crippen LogP contribution >= 0.6 is 0 Å². The van der Waals surface area contributed by atoms with Crippen molar-refractivity contribution in [2.45, 2.75) is 63.8 Å². The van der Waals surface area contributed by atoms with Gasteiger partial charge in [0.25, 0.3) is 12.4 Å². The summed E-state index contributed by atoms with van der Waals surface area (Å²) in [5, 5.41) is 25.2. The number of carboxylic acid groups (broad SMARTS) is 1. The van der Waals surface area contributed by atoms with E-state index in [9.17, 15) is 18.3 Å². The number of hydrogen-bond acceptors (Lipinski definition) is 6. The average molecular weight is 571 g/mol. The van der Waals surface area contributed by atoms with Gasteiger partial charge in [-0.25, -0.2) is 8.42 Å². The van der Waals surface area contributed by atoms with Crippen LogP contribution in [-0.2, 0) is 27.8 Å². The molecule has 0 unspecified atom stereocenters. The number of aliphatic hydroxyl groups excluding tert-OH is 1. The highest BCUT2D eigenvalue weighted by Crippen LogP contribution is 2.37. The van der Waals surface area contributed by atoms with Crippen LogP contribution in [0, 0.1) is 0 Å². The summed E-state index contributed by atoms with van der Waals surface area (Å²) >= 11 is 0. The van der Waals surface area contributed by atoms with E-state index >= 15 is 0 Å². The average Bonchev–Trinajstić information content (AvgIpc) is 3.69. The second-order valence-corrected chi connectivity index (χ2v) is 12.9. The lowest BCUT2D eigenvalue weighted by molar-refractivity contribution is -0.122. The van der Waals surface area contributed by atoms with Crippen LogP contribution in [0.5, 0.6) is 0 Å². The second kappa shape index (κ2) is 12.4. The van der Waals surface area contributed by atoms with Crippen LogP contribution in [0.4, 0.5) is 5.69 Å². The highest BCUT2D eigenvalue weighted by Gasteiger charge is 2.30. The number of aliphatic hydroxyl groups is 1. The number of rotatable bonds is 9. The number of carbonyl (C=O) groups excluding carboxylic acids is 1. The molecule has 1 fully saturated rings. The molecule has 2 aromatic carbocycles. The maximum atomic E-state index is 13.7. The Labute approximate surface area is 235 Å². The van der Waals surface area contributed by atoms with Crippen LogP contribution in [0.1, 0.15) is 54.1 Å². The maximum Gasteiger partial charge on any atom is 0.290 e. The first-order valence-electron chi connectivity index (χ1n) is 13.5. The van der Waals surface area contributed by atoms with Gasteiger partial charge in [0.1, 0.15) is 0 Å². The summed E-state index contributed by atoms with van der Waals surface area (Å²) in [7, 11) is -1.96. The number of nitrogens with zero attached hydrogens (tertiary/aromatic N) is 2. The van der Waals surface area contributed by atoms with E-state index in [0.29, 0.717) is 36.8 Å². The van der Waals surface area contributed by atoms with Crippen LogP contribution in [0.3, 0.4) is 0 Å². The summed E-state index contributed by atoms with van der Waals surface area (Å²) in [6.45, 7) is 4.70. The van der Waals surface area contributed by atoms with Gasteiger partial charge in [-0.1, -0.05) is 44.2 Å². The molecule has 2 atom stereocenters. The van der Waals surface area contributed by atoms with Crippen LogP contribution < -0.4 is 14.9 Å². The molecule has 1 saturated carbocycles. The number of hydrogen-bond donors (Lipinski definition) is 4. The van der Waals surface area contributed by atoms with E-state index < -0.39 is 22.2 Å². The summed E-state index contributed by atoms with van der Waals surface area (Å²) in [6, 6.07) is 13.3. The first-order valence-corrected chi connectivity index (χ1v) is 15.1. The SMILES string of the molecule is CC(C)c1cn2c3c(cc(C(=O)N[C@@H](Cc4ccccc4)[C@H](O)CNC4CC4)cc13)N(C)S(=O)(=O)CC2.O=CO. The highest BCUT2D eigenvalue weighted by molar-refractivity contribution is 7.92. The minimum atomic E-state index is -3.51. The topological polar surface area (TPSA) is 141 Å². The molecule has 1 aliphatic carbocycles. The molecule has 0 spiro atoms. The minimum Gasteiger partial charge on any atom is -0.483 e. The molecule has 1 amide bonds. The third-order valence-electron chi connectivity index (χ3n) is 7.49. The normalized spacial score (nSPS) is 17.5. The van der Waals surface area contributed by atoms with Crippen molar-refractivity contribution in [1.29, 1.82) is 0 Å². The molecule has 1 aliphatic heterocycles. The number of benzene rings is 2. The summed E-state index contributed by atoms with van der Waals surface area (Å²) in [5.74, 6) is -0.125. The molecular weight excluding hydrogens is 532 g/mol. The Morgan fingerprint density at radius 2 is 1.85 bits per heavy atom. The third-order valence-corrected chi connectivity index (χ3v) is 9.22. The quantitative estimate of drug-likeness (QED) is 0.290. The van der Waals surface area contributed by atoms with Gasteiger partial charge in [0.2, 0.25) is 10.0 Å². The van der Waals surface area contributed by atoms with E-state index in [2.05, 4.69) is 24.5 Å². The Bertz CT molecular complexity index is 1450. The van der Waals surface area contributed by atoms with E-state index in [1.54, 1.807) is 13.1 Å². The van der Waals surface area contributed by atoms with Gasteiger partial charge in [0.15, 0.2) is 0 Å². The first kappa shape index (κ1) is 29.6. The van der Waals surface area contributed by atoms with Crippen molar-refractivity contribution < 1.29 is 28.2 Å². The molecular formula is C29H38N4O6S.